The molecule has 0 saturated heterocycles. The van der Waals surface area contributed by atoms with Gasteiger partial charge in [0.25, 0.3) is 0 Å². The number of thiophene rings is 1. The van der Waals surface area contributed by atoms with Crippen LogP contribution in [0.1, 0.15) is 44.9 Å². The molecular formula is C16H27N3S. The van der Waals surface area contributed by atoms with Crippen molar-refractivity contribution in [2.24, 2.45) is 10.9 Å². The third-order valence-corrected chi connectivity index (χ3v) is 4.94. The number of aliphatic imine (C=N–C) groups is 1. The van der Waals surface area contributed by atoms with Gasteiger partial charge < -0.3 is 10.6 Å². The summed E-state index contributed by atoms with van der Waals surface area (Å²) >= 11 is 1.81. The van der Waals surface area contributed by atoms with Crippen LogP contribution in [-0.2, 0) is 5.41 Å². The lowest BCUT2D eigenvalue weighted by Gasteiger charge is -2.21. The zero-order valence-corrected chi connectivity index (χ0v) is 13.7. The van der Waals surface area contributed by atoms with Crippen LogP contribution in [0.5, 0.6) is 0 Å². The Kier molecular flexibility index (Phi) is 5.46. The van der Waals surface area contributed by atoms with Crippen LogP contribution < -0.4 is 10.6 Å². The molecule has 1 fully saturated rings. The Balaban J connectivity index is 1.86. The summed E-state index contributed by atoms with van der Waals surface area (Å²) in [5.74, 6) is 1.92. The molecular weight excluding hydrogens is 266 g/mol. The zero-order valence-electron chi connectivity index (χ0n) is 12.9. The zero-order chi connectivity index (χ0) is 14.4. The maximum atomic E-state index is 4.76. The number of nitrogens with zero attached hydrogens (tertiary/aromatic N) is 1. The molecule has 1 saturated carbocycles. The van der Waals surface area contributed by atoms with Gasteiger partial charge in [-0.3, -0.25) is 4.99 Å². The fourth-order valence-corrected chi connectivity index (χ4v) is 3.01. The van der Waals surface area contributed by atoms with Crippen LogP contribution in [0.4, 0.5) is 0 Å². The van der Waals surface area contributed by atoms with Crippen molar-refractivity contribution >= 4 is 17.3 Å². The summed E-state index contributed by atoms with van der Waals surface area (Å²) < 4.78 is 0. The molecule has 1 aromatic rings. The van der Waals surface area contributed by atoms with Crippen molar-refractivity contribution in [1.82, 2.24) is 10.6 Å². The molecule has 2 rings (SSSR count). The van der Waals surface area contributed by atoms with Crippen molar-refractivity contribution < 1.29 is 0 Å². The van der Waals surface area contributed by atoms with Gasteiger partial charge in [-0.05, 0) is 30.7 Å². The molecule has 1 aliphatic carbocycles. The summed E-state index contributed by atoms with van der Waals surface area (Å²) in [6.45, 7) is 9.39. The lowest BCUT2D eigenvalue weighted by Crippen LogP contribution is -2.39. The fraction of sp³-hybridized carbons (Fsp3) is 0.688. The van der Waals surface area contributed by atoms with E-state index in [0.29, 0.717) is 0 Å². The second-order valence-electron chi connectivity index (χ2n) is 6.22. The summed E-state index contributed by atoms with van der Waals surface area (Å²) in [5, 5.41) is 8.93. The second kappa shape index (κ2) is 7.11. The van der Waals surface area contributed by atoms with E-state index in [-0.39, 0.29) is 5.41 Å². The van der Waals surface area contributed by atoms with Gasteiger partial charge in [0.1, 0.15) is 0 Å². The topological polar surface area (TPSA) is 36.4 Å². The molecule has 4 heteroatoms. The molecule has 112 valence electrons. The predicted octanol–water partition coefficient (Wildman–Crippen LogP) is 3.38. The Morgan fingerprint density at radius 3 is 2.80 bits per heavy atom. The van der Waals surface area contributed by atoms with Gasteiger partial charge in [0, 0.05) is 23.4 Å². The normalized spacial score (nSPS) is 16.2. The van der Waals surface area contributed by atoms with E-state index in [9.17, 15) is 0 Å². The molecule has 0 aromatic carbocycles. The highest BCUT2D eigenvalue weighted by molar-refractivity contribution is 7.10. The number of hydrogen-bond acceptors (Lipinski definition) is 2. The van der Waals surface area contributed by atoms with Crippen LogP contribution in [0, 0.1) is 5.92 Å². The summed E-state index contributed by atoms with van der Waals surface area (Å²) in [7, 11) is 0. The quantitative estimate of drug-likeness (QED) is 0.597. The third-order valence-electron chi connectivity index (χ3n) is 3.71. The minimum Gasteiger partial charge on any atom is -0.357 e. The summed E-state index contributed by atoms with van der Waals surface area (Å²) in [6.07, 6.45) is 4.11. The Hall–Kier alpha value is -1.03. The number of guanidine groups is 1. The first-order valence-corrected chi connectivity index (χ1v) is 8.56. The third kappa shape index (κ3) is 4.82. The molecule has 3 nitrogen and oxygen atoms in total. The number of hydrogen-bond donors (Lipinski definition) is 2. The molecule has 1 aliphatic rings. The van der Waals surface area contributed by atoms with Crippen LogP contribution >= 0.6 is 11.3 Å². The van der Waals surface area contributed by atoms with Crippen molar-refractivity contribution in [2.45, 2.75) is 45.4 Å². The van der Waals surface area contributed by atoms with Gasteiger partial charge in [-0.1, -0.05) is 32.8 Å². The van der Waals surface area contributed by atoms with E-state index in [1.54, 1.807) is 0 Å². The number of nitrogens with one attached hydrogen (secondary N) is 2. The van der Waals surface area contributed by atoms with Crippen LogP contribution in [-0.4, -0.2) is 25.6 Å². The maximum Gasteiger partial charge on any atom is 0.191 e. The standard InChI is InChI=1S/C16H27N3S/c1-4-17-15(18-10-9-13-7-8-13)19-12-16(2,3)14-6-5-11-20-14/h5-6,11,13H,4,7-10,12H2,1-3H3,(H2,17,18,19). The van der Waals surface area contributed by atoms with Gasteiger partial charge in [0.15, 0.2) is 5.96 Å². The summed E-state index contributed by atoms with van der Waals surface area (Å²) in [4.78, 5) is 6.16. The molecule has 0 amide bonds. The van der Waals surface area contributed by atoms with E-state index in [1.165, 1.54) is 24.1 Å². The van der Waals surface area contributed by atoms with Crippen molar-refractivity contribution in [3.8, 4) is 0 Å². The van der Waals surface area contributed by atoms with Gasteiger partial charge >= 0.3 is 0 Å². The molecule has 1 aromatic heterocycles. The largest absolute Gasteiger partial charge is 0.357 e. The van der Waals surface area contributed by atoms with Crippen molar-refractivity contribution in [2.75, 3.05) is 19.6 Å². The molecule has 0 bridgehead atoms. The Labute approximate surface area is 126 Å². The van der Waals surface area contributed by atoms with E-state index < -0.39 is 0 Å². The van der Waals surface area contributed by atoms with Gasteiger partial charge in [-0.25, -0.2) is 0 Å². The molecule has 0 aliphatic heterocycles. The molecule has 0 atom stereocenters. The highest BCUT2D eigenvalue weighted by Crippen LogP contribution is 2.31. The monoisotopic (exact) mass is 293 g/mol. The van der Waals surface area contributed by atoms with Gasteiger partial charge in [-0.15, -0.1) is 11.3 Å². The van der Waals surface area contributed by atoms with Crippen molar-refractivity contribution in [3.63, 3.8) is 0 Å². The Bertz CT molecular complexity index is 419. The minimum atomic E-state index is 0.104. The molecule has 1 heterocycles. The first kappa shape index (κ1) is 15.4. The highest BCUT2D eigenvalue weighted by atomic mass is 32.1. The minimum absolute atomic E-state index is 0.104. The van der Waals surface area contributed by atoms with Crippen molar-refractivity contribution in [1.29, 1.82) is 0 Å². The predicted molar refractivity (Wildman–Crippen MR) is 88.7 cm³/mol. The smallest absolute Gasteiger partial charge is 0.191 e. The SMILES string of the molecule is CCNC(=NCC(C)(C)c1cccs1)NCCC1CC1. The van der Waals surface area contributed by atoms with Gasteiger partial charge in [0.2, 0.25) is 0 Å². The van der Waals surface area contributed by atoms with E-state index in [4.69, 9.17) is 4.99 Å². The van der Waals surface area contributed by atoms with E-state index in [2.05, 4.69) is 48.9 Å². The maximum absolute atomic E-state index is 4.76. The Morgan fingerprint density at radius 2 is 2.20 bits per heavy atom. The second-order valence-corrected chi connectivity index (χ2v) is 7.16. The lowest BCUT2D eigenvalue weighted by molar-refractivity contribution is 0.548. The molecule has 2 N–H and O–H groups in total. The van der Waals surface area contributed by atoms with Crippen LogP contribution in [0.2, 0.25) is 0 Å². The van der Waals surface area contributed by atoms with Gasteiger partial charge in [-0.2, -0.15) is 0 Å². The average molecular weight is 293 g/mol. The van der Waals surface area contributed by atoms with Crippen LogP contribution in [0.3, 0.4) is 0 Å². The van der Waals surface area contributed by atoms with Gasteiger partial charge in [0.05, 0.1) is 6.54 Å². The van der Waals surface area contributed by atoms with E-state index in [1.807, 2.05) is 11.3 Å². The Morgan fingerprint density at radius 1 is 1.40 bits per heavy atom. The molecule has 0 radical (unpaired) electrons. The molecule has 0 unspecified atom stereocenters. The molecule has 0 spiro atoms. The first-order valence-electron chi connectivity index (χ1n) is 7.68. The fourth-order valence-electron chi connectivity index (χ4n) is 2.16. The lowest BCUT2D eigenvalue weighted by atomic mass is 9.92. The van der Waals surface area contributed by atoms with Crippen LogP contribution in [0.25, 0.3) is 0 Å². The van der Waals surface area contributed by atoms with E-state index >= 15 is 0 Å². The molecule has 20 heavy (non-hydrogen) atoms. The highest BCUT2D eigenvalue weighted by Gasteiger charge is 2.22. The summed E-state index contributed by atoms with van der Waals surface area (Å²) in [6, 6.07) is 4.32. The van der Waals surface area contributed by atoms with E-state index in [0.717, 1.165) is 31.5 Å². The average Bonchev–Trinajstić information content (AvgIpc) is 3.06. The van der Waals surface area contributed by atoms with Crippen LogP contribution in [0.15, 0.2) is 22.5 Å². The summed E-state index contributed by atoms with van der Waals surface area (Å²) in [5.41, 5.74) is 0.104. The van der Waals surface area contributed by atoms with Crippen molar-refractivity contribution in [3.05, 3.63) is 22.4 Å². The number of rotatable bonds is 7. The first-order chi connectivity index (χ1) is 9.62.